The maximum absolute atomic E-state index is 13.0. The SMILES string of the molecule is CC(=O)Nc1ccc(C(=O)Oc2ccc(P3SP(=S)(c4ccc(O)cc4)S3)cc2)c(OC(=O)CCCO[N+](=O)[O-])c1. The quantitative estimate of drug-likeness (QED) is 0.0670. The first-order chi connectivity index (χ1) is 19.5. The van der Waals surface area contributed by atoms with E-state index in [1.807, 2.05) is 24.3 Å². The van der Waals surface area contributed by atoms with Gasteiger partial charge in [-0.3, -0.25) is 9.59 Å². The van der Waals surface area contributed by atoms with Gasteiger partial charge >= 0.3 is 11.9 Å². The van der Waals surface area contributed by atoms with Crippen molar-refractivity contribution in [2.24, 2.45) is 0 Å². The van der Waals surface area contributed by atoms with Gasteiger partial charge in [0.1, 0.15) is 22.8 Å². The Morgan fingerprint density at radius 1 is 1.05 bits per heavy atom. The van der Waals surface area contributed by atoms with Gasteiger partial charge in [0, 0.05) is 30.4 Å². The third-order valence-corrected chi connectivity index (χ3v) is 30.3. The molecule has 1 amide bonds. The monoisotopic (exact) mass is 652 g/mol. The number of carbonyl (C=O) groups is 3. The Balaban J connectivity index is 1.40. The smallest absolute Gasteiger partial charge is 0.347 e. The lowest BCUT2D eigenvalue weighted by Gasteiger charge is -2.37. The molecule has 0 saturated carbocycles. The second-order valence-electron chi connectivity index (χ2n) is 8.34. The van der Waals surface area contributed by atoms with E-state index in [1.54, 1.807) is 46.3 Å². The highest BCUT2D eigenvalue weighted by Gasteiger charge is 2.40. The van der Waals surface area contributed by atoms with E-state index in [4.69, 9.17) is 21.3 Å². The Labute approximate surface area is 248 Å². The van der Waals surface area contributed by atoms with Crippen LogP contribution in [0.25, 0.3) is 0 Å². The van der Waals surface area contributed by atoms with Gasteiger partial charge in [0.15, 0.2) is 0 Å². The molecule has 3 aromatic carbocycles. The maximum Gasteiger partial charge on any atom is 0.347 e. The molecule has 1 aliphatic heterocycles. The third-order valence-electron chi connectivity index (χ3n) is 5.25. The Morgan fingerprint density at radius 2 is 1.73 bits per heavy atom. The molecule has 0 unspecified atom stereocenters. The number of phenolic OH excluding ortho intramolecular Hbond substituents is 1. The first kappa shape index (κ1) is 30.8. The average Bonchev–Trinajstić information content (AvgIpc) is 2.90. The molecule has 0 atom stereocenters. The second kappa shape index (κ2) is 13.7. The lowest BCUT2D eigenvalue weighted by atomic mass is 10.1. The van der Waals surface area contributed by atoms with Crippen LogP contribution in [0.4, 0.5) is 5.69 Å². The molecule has 0 bridgehead atoms. The van der Waals surface area contributed by atoms with Gasteiger partial charge in [0.2, 0.25) is 5.91 Å². The van der Waals surface area contributed by atoms with Crippen molar-refractivity contribution in [1.82, 2.24) is 0 Å². The van der Waals surface area contributed by atoms with E-state index >= 15 is 0 Å². The van der Waals surface area contributed by atoms with Crippen LogP contribution in [-0.4, -0.2) is 34.6 Å². The van der Waals surface area contributed by atoms with Crippen molar-refractivity contribution in [3.05, 3.63) is 82.4 Å². The number of esters is 2. The van der Waals surface area contributed by atoms with Crippen molar-refractivity contribution >= 4 is 78.7 Å². The summed E-state index contributed by atoms with van der Waals surface area (Å²) in [6.07, 6.45) is -0.761. The summed E-state index contributed by atoms with van der Waals surface area (Å²) in [7, 11) is 0. The Morgan fingerprint density at radius 3 is 2.37 bits per heavy atom. The molecule has 1 saturated heterocycles. The van der Waals surface area contributed by atoms with E-state index in [-0.39, 0.29) is 48.2 Å². The summed E-state index contributed by atoms with van der Waals surface area (Å²) < 4.78 is 9.04. The van der Waals surface area contributed by atoms with Crippen LogP contribution in [0.3, 0.4) is 0 Å². The molecular weight excluding hydrogens is 630 g/mol. The van der Waals surface area contributed by atoms with Gasteiger partial charge in [-0.05, 0) is 72.4 Å². The van der Waals surface area contributed by atoms with Crippen molar-refractivity contribution in [2.45, 2.75) is 19.8 Å². The van der Waals surface area contributed by atoms with Crippen molar-refractivity contribution in [3.8, 4) is 17.2 Å². The van der Waals surface area contributed by atoms with E-state index in [9.17, 15) is 29.6 Å². The van der Waals surface area contributed by atoms with Gasteiger partial charge in [-0.15, -0.1) is 10.1 Å². The highest BCUT2D eigenvalue weighted by Crippen LogP contribution is 2.99. The number of phenols is 1. The van der Waals surface area contributed by atoms with Gasteiger partial charge in [0.05, 0.1) is 17.4 Å². The van der Waals surface area contributed by atoms with Gasteiger partial charge in [-0.25, -0.2) is 4.79 Å². The molecule has 4 rings (SSSR count). The maximum atomic E-state index is 13.0. The molecule has 16 heteroatoms. The Bertz CT molecular complexity index is 1510. The van der Waals surface area contributed by atoms with Crippen LogP contribution in [0.2, 0.25) is 0 Å². The zero-order valence-corrected chi connectivity index (χ0v) is 25.5. The fourth-order valence-electron chi connectivity index (χ4n) is 3.41. The Hall–Kier alpha value is -3.15. The number of benzene rings is 3. The summed E-state index contributed by atoms with van der Waals surface area (Å²) in [6.45, 7) is 1.02. The first-order valence-electron chi connectivity index (χ1n) is 11.8. The second-order valence-corrected chi connectivity index (χ2v) is 25.0. The van der Waals surface area contributed by atoms with Crippen LogP contribution < -0.4 is 25.4 Å². The minimum Gasteiger partial charge on any atom is -0.508 e. The highest BCUT2D eigenvalue weighted by molar-refractivity contribution is 9.43. The molecule has 214 valence electrons. The number of anilines is 1. The van der Waals surface area contributed by atoms with Gasteiger partial charge in [0.25, 0.3) is 5.09 Å². The first-order valence-corrected chi connectivity index (χ1v) is 20.0. The number of ether oxygens (including phenoxy) is 2. The topological polar surface area (TPSA) is 154 Å². The van der Waals surface area contributed by atoms with Crippen molar-refractivity contribution in [2.75, 3.05) is 11.9 Å². The van der Waals surface area contributed by atoms with Crippen LogP contribution in [0.15, 0.2) is 66.7 Å². The number of nitrogens with one attached hydrogen (secondary N) is 1. The lowest BCUT2D eigenvalue weighted by molar-refractivity contribution is -0.757. The van der Waals surface area contributed by atoms with Crippen LogP contribution in [0.5, 0.6) is 17.2 Å². The van der Waals surface area contributed by atoms with Crippen LogP contribution in [-0.2, 0) is 26.2 Å². The number of hydrogen-bond acceptors (Lipinski definition) is 12. The predicted octanol–water partition coefficient (Wildman–Crippen LogP) is 5.52. The van der Waals surface area contributed by atoms with Crippen molar-refractivity contribution in [1.29, 1.82) is 0 Å². The molecule has 2 N–H and O–H groups in total. The molecule has 0 radical (unpaired) electrons. The molecule has 1 aliphatic rings. The number of amides is 1. The molecule has 1 heterocycles. The zero-order valence-electron chi connectivity index (χ0n) is 21.3. The standard InChI is InChI=1S/C25H22N2O9P2S3/c1-16(28)26-17-4-13-22(23(15-17)36-24(30)3-2-14-34-27(32)33)25(31)35-19-7-9-20(10-8-19)37-40-38(39,41-37)21-11-5-18(29)6-12-21/h4-13,15,29H,2-3,14H2,1H3,(H,26,28). The summed E-state index contributed by atoms with van der Waals surface area (Å²) in [5.74, 6) is -1.55. The minimum atomic E-state index is -1.81. The molecule has 41 heavy (non-hydrogen) atoms. The molecule has 0 aromatic heterocycles. The largest absolute Gasteiger partial charge is 0.508 e. The summed E-state index contributed by atoms with van der Waals surface area (Å²) >= 11 is 9.42. The number of aromatic hydroxyl groups is 1. The van der Waals surface area contributed by atoms with Gasteiger partial charge < -0.3 is 24.7 Å². The van der Waals surface area contributed by atoms with E-state index < -0.39 is 27.8 Å². The molecule has 0 spiro atoms. The van der Waals surface area contributed by atoms with Gasteiger partial charge in [-0.1, -0.05) is 33.8 Å². The van der Waals surface area contributed by atoms with Crippen molar-refractivity contribution < 1.29 is 38.9 Å². The number of carbonyl (C=O) groups excluding carboxylic acids is 3. The van der Waals surface area contributed by atoms with Crippen LogP contribution in [0, 0.1) is 10.1 Å². The molecular formula is C25H22N2O9P2S3. The van der Waals surface area contributed by atoms with E-state index in [0.717, 1.165) is 10.6 Å². The minimum absolute atomic E-state index is 0.0277. The summed E-state index contributed by atoms with van der Waals surface area (Å²) in [4.78, 5) is 51.2. The molecule has 11 nitrogen and oxygen atoms in total. The van der Waals surface area contributed by atoms with Gasteiger partial charge in [-0.2, -0.15) is 0 Å². The summed E-state index contributed by atoms with van der Waals surface area (Å²) in [5, 5.41) is 23.5. The fraction of sp³-hybridized carbons (Fsp3) is 0.160. The fourth-order valence-corrected chi connectivity index (χ4v) is 29.4. The van der Waals surface area contributed by atoms with E-state index in [0.29, 0.717) is 5.69 Å². The van der Waals surface area contributed by atoms with E-state index in [1.165, 1.54) is 25.1 Å². The van der Waals surface area contributed by atoms with E-state index in [2.05, 4.69) is 10.2 Å². The average molecular weight is 653 g/mol. The Kier molecular flexibility index (Phi) is 10.3. The lowest BCUT2D eigenvalue weighted by Crippen LogP contribution is -2.16. The van der Waals surface area contributed by atoms with Crippen LogP contribution >= 0.6 is 32.8 Å². The number of nitrogens with zero attached hydrogens (tertiary/aromatic N) is 1. The molecule has 0 aliphatic carbocycles. The predicted molar refractivity (Wildman–Crippen MR) is 164 cm³/mol. The number of hydrogen-bond donors (Lipinski definition) is 2. The molecule has 1 fully saturated rings. The summed E-state index contributed by atoms with van der Waals surface area (Å²) in [5.41, 5.74) is 0.241. The molecule has 3 aromatic rings. The summed E-state index contributed by atoms with van der Waals surface area (Å²) in [6, 6.07) is 18.3. The third kappa shape index (κ3) is 8.43. The van der Waals surface area contributed by atoms with Crippen molar-refractivity contribution in [3.63, 3.8) is 0 Å². The van der Waals surface area contributed by atoms with Crippen LogP contribution in [0.1, 0.15) is 30.1 Å². The highest BCUT2D eigenvalue weighted by atomic mass is 33.7. The number of rotatable bonds is 11. The zero-order chi connectivity index (χ0) is 29.6. The normalized spacial score (nSPS) is 17.5.